The molecule has 0 aromatic carbocycles. The predicted octanol–water partition coefficient (Wildman–Crippen LogP) is 3.36. The Hall–Kier alpha value is -0.490. The van der Waals surface area contributed by atoms with Gasteiger partial charge in [-0.15, -0.1) is 0 Å². The van der Waals surface area contributed by atoms with Gasteiger partial charge in [0.2, 0.25) is 0 Å². The Labute approximate surface area is 168 Å². The minimum absolute atomic E-state index is 0.248. The molecule has 0 amide bonds. The molecule has 1 atom stereocenters. The first-order valence-electron chi connectivity index (χ1n) is 11.5. The number of hydrogen-bond donors (Lipinski definition) is 4. The van der Waals surface area contributed by atoms with E-state index in [2.05, 4.69) is 24.5 Å². The van der Waals surface area contributed by atoms with Gasteiger partial charge in [0.1, 0.15) is 5.78 Å². The van der Waals surface area contributed by atoms with E-state index in [1.807, 2.05) is 0 Å². The lowest BCUT2D eigenvalue weighted by Crippen LogP contribution is -2.30. The Morgan fingerprint density at radius 3 is 2.00 bits per heavy atom. The zero-order chi connectivity index (χ0) is 20.2. The molecule has 6 N–H and O–H groups in total. The van der Waals surface area contributed by atoms with Crippen LogP contribution in [0.2, 0.25) is 0 Å². The van der Waals surface area contributed by atoms with E-state index < -0.39 is 0 Å². The maximum atomic E-state index is 12.1. The molecule has 27 heavy (non-hydrogen) atoms. The fourth-order valence-electron chi connectivity index (χ4n) is 3.14. The lowest BCUT2D eigenvalue weighted by atomic mass is 10.0. The monoisotopic (exact) mass is 384 g/mol. The van der Waals surface area contributed by atoms with E-state index in [9.17, 15) is 4.79 Å². The molecular weight excluding hydrogens is 336 g/mol. The highest BCUT2D eigenvalue weighted by molar-refractivity contribution is 5.83. The van der Waals surface area contributed by atoms with Crippen molar-refractivity contribution in [1.82, 2.24) is 10.6 Å². The van der Waals surface area contributed by atoms with Crippen molar-refractivity contribution >= 4 is 5.78 Å². The first kappa shape index (κ1) is 26.5. The molecule has 0 saturated carbocycles. The molecule has 5 heteroatoms. The molecule has 0 spiro atoms. The molecule has 0 aliphatic heterocycles. The van der Waals surface area contributed by atoms with E-state index in [1.165, 1.54) is 32.1 Å². The Balaban J connectivity index is 3.32. The maximum Gasteiger partial charge on any atom is 0.149 e. The van der Waals surface area contributed by atoms with Gasteiger partial charge in [-0.1, -0.05) is 52.4 Å². The van der Waals surface area contributed by atoms with Gasteiger partial charge in [-0.3, -0.25) is 4.79 Å². The smallest absolute Gasteiger partial charge is 0.149 e. The van der Waals surface area contributed by atoms with Crippen LogP contribution in [0, 0.1) is 5.92 Å². The van der Waals surface area contributed by atoms with Crippen LogP contribution >= 0.6 is 0 Å². The second-order valence-electron chi connectivity index (χ2n) is 8.28. The van der Waals surface area contributed by atoms with E-state index in [-0.39, 0.29) is 11.8 Å². The number of nitrogens with one attached hydrogen (secondary N) is 2. The summed E-state index contributed by atoms with van der Waals surface area (Å²) in [5.74, 6) is 0.950. The molecule has 0 bridgehead atoms. The maximum absolute atomic E-state index is 12.1. The van der Waals surface area contributed by atoms with Gasteiger partial charge in [0.25, 0.3) is 0 Å². The number of carbonyl (C=O) groups is 1. The highest BCUT2D eigenvalue weighted by atomic mass is 16.1. The van der Waals surface area contributed by atoms with Crippen molar-refractivity contribution in [3.63, 3.8) is 0 Å². The van der Waals surface area contributed by atoms with Gasteiger partial charge in [0.15, 0.2) is 0 Å². The van der Waals surface area contributed by atoms with Gasteiger partial charge in [0.05, 0.1) is 6.04 Å². The molecule has 5 nitrogen and oxygen atoms in total. The molecule has 0 aliphatic rings. The summed E-state index contributed by atoms with van der Waals surface area (Å²) in [6.07, 6.45) is 13.3. The summed E-state index contributed by atoms with van der Waals surface area (Å²) in [6, 6.07) is -0.248. The van der Waals surface area contributed by atoms with Crippen LogP contribution in [0.5, 0.6) is 0 Å². The third kappa shape index (κ3) is 20.1. The zero-order valence-electron chi connectivity index (χ0n) is 18.2. The summed E-state index contributed by atoms with van der Waals surface area (Å²) in [6.45, 7) is 9.45. The fraction of sp³-hybridized carbons (Fsp3) is 0.955. The summed E-state index contributed by atoms with van der Waals surface area (Å²) in [4.78, 5) is 12.1. The molecular formula is C22H48N4O. The Morgan fingerprint density at radius 1 is 0.778 bits per heavy atom. The SMILES string of the molecule is CC(C)CNCCCC[C@H](N)C(=O)CCCCCCCCCNCCCN. The Bertz CT molecular complexity index is 323. The molecule has 0 rings (SSSR count). The molecule has 0 aliphatic carbocycles. The van der Waals surface area contributed by atoms with Crippen LogP contribution in [0.25, 0.3) is 0 Å². The van der Waals surface area contributed by atoms with Gasteiger partial charge < -0.3 is 22.1 Å². The summed E-state index contributed by atoms with van der Waals surface area (Å²) in [7, 11) is 0. The van der Waals surface area contributed by atoms with Crippen LogP contribution in [0.15, 0.2) is 0 Å². The second-order valence-corrected chi connectivity index (χ2v) is 8.28. The molecule has 0 aromatic heterocycles. The van der Waals surface area contributed by atoms with Gasteiger partial charge in [-0.2, -0.15) is 0 Å². The number of nitrogens with two attached hydrogens (primary N) is 2. The molecule has 0 unspecified atom stereocenters. The van der Waals surface area contributed by atoms with Crippen molar-refractivity contribution in [2.24, 2.45) is 17.4 Å². The van der Waals surface area contributed by atoms with Crippen molar-refractivity contribution in [1.29, 1.82) is 0 Å². The molecule has 0 saturated heterocycles. The highest BCUT2D eigenvalue weighted by Gasteiger charge is 2.12. The van der Waals surface area contributed by atoms with E-state index in [1.54, 1.807) is 0 Å². The molecule has 0 radical (unpaired) electrons. The fourth-order valence-corrected chi connectivity index (χ4v) is 3.14. The minimum Gasteiger partial charge on any atom is -0.330 e. The molecule has 162 valence electrons. The van der Waals surface area contributed by atoms with Crippen LogP contribution in [0.3, 0.4) is 0 Å². The topological polar surface area (TPSA) is 93.2 Å². The summed E-state index contributed by atoms with van der Waals surface area (Å²) in [5.41, 5.74) is 11.5. The van der Waals surface area contributed by atoms with E-state index in [0.717, 1.165) is 71.2 Å². The van der Waals surface area contributed by atoms with Crippen LogP contribution in [-0.4, -0.2) is 44.5 Å². The van der Waals surface area contributed by atoms with Gasteiger partial charge in [0, 0.05) is 6.42 Å². The van der Waals surface area contributed by atoms with Crippen LogP contribution in [0.1, 0.15) is 90.9 Å². The third-order valence-electron chi connectivity index (χ3n) is 4.92. The average Bonchev–Trinajstić information content (AvgIpc) is 2.64. The summed E-state index contributed by atoms with van der Waals surface area (Å²) >= 11 is 0. The number of unbranched alkanes of at least 4 members (excludes halogenated alkanes) is 7. The zero-order valence-corrected chi connectivity index (χ0v) is 18.2. The first-order valence-corrected chi connectivity index (χ1v) is 11.5. The standard InChI is InChI=1S/C22H48N4O/c1-20(2)19-26-17-11-9-13-21(24)22(27)14-8-6-4-3-5-7-10-16-25-18-12-15-23/h20-21,25-26H,3-19,23-24H2,1-2H3/t21-/m0/s1. The number of ketones is 1. The second kappa shape index (κ2) is 20.2. The van der Waals surface area contributed by atoms with Crippen molar-refractivity contribution in [2.75, 3.05) is 32.7 Å². The highest BCUT2D eigenvalue weighted by Crippen LogP contribution is 2.10. The number of hydrogen-bond acceptors (Lipinski definition) is 5. The molecule has 0 aromatic rings. The average molecular weight is 385 g/mol. The van der Waals surface area contributed by atoms with Gasteiger partial charge in [-0.05, 0) is 70.7 Å². The largest absolute Gasteiger partial charge is 0.330 e. The van der Waals surface area contributed by atoms with Gasteiger partial charge >= 0.3 is 0 Å². The molecule has 0 heterocycles. The number of Topliss-reactive ketones (excluding diaryl/α,β-unsaturated/α-hetero) is 1. The first-order chi connectivity index (χ1) is 13.1. The van der Waals surface area contributed by atoms with E-state index >= 15 is 0 Å². The quantitative estimate of drug-likeness (QED) is 0.228. The number of rotatable bonds is 21. The Kier molecular flexibility index (Phi) is 19.9. The normalized spacial score (nSPS) is 12.6. The van der Waals surface area contributed by atoms with Crippen molar-refractivity contribution in [3.8, 4) is 0 Å². The summed E-state index contributed by atoms with van der Waals surface area (Å²) < 4.78 is 0. The van der Waals surface area contributed by atoms with E-state index in [4.69, 9.17) is 11.5 Å². The summed E-state index contributed by atoms with van der Waals surface area (Å²) in [5, 5.41) is 6.85. The molecule has 0 fully saturated rings. The van der Waals surface area contributed by atoms with Crippen molar-refractivity contribution in [3.05, 3.63) is 0 Å². The van der Waals surface area contributed by atoms with Crippen LogP contribution < -0.4 is 22.1 Å². The van der Waals surface area contributed by atoms with Gasteiger partial charge in [-0.25, -0.2) is 0 Å². The van der Waals surface area contributed by atoms with Crippen LogP contribution in [0.4, 0.5) is 0 Å². The van der Waals surface area contributed by atoms with Crippen molar-refractivity contribution < 1.29 is 4.79 Å². The van der Waals surface area contributed by atoms with Crippen molar-refractivity contribution in [2.45, 2.75) is 96.9 Å². The lowest BCUT2D eigenvalue weighted by molar-refractivity contribution is -0.120. The predicted molar refractivity (Wildman–Crippen MR) is 118 cm³/mol. The van der Waals surface area contributed by atoms with E-state index in [0.29, 0.717) is 12.3 Å². The Morgan fingerprint density at radius 2 is 1.33 bits per heavy atom. The minimum atomic E-state index is -0.248. The number of carbonyl (C=O) groups excluding carboxylic acids is 1. The third-order valence-corrected chi connectivity index (χ3v) is 4.92. The van der Waals surface area contributed by atoms with Crippen LogP contribution in [-0.2, 0) is 4.79 Å². The lowest BCUT2D eigenvalue weighted by Gasteiger charge is -2.11.